The van der Waals surface area contributed by atoms with E-state index in [1.54, 1.807) is 36.4 Å². The largest absolute Gasteiger partial charge is 0.872 e. The molecule has 1 fully saturated rings. The molecule has 9 nitrogen and oxygen atoms in total. The number of carbonyl (C=O) groups is 2. The fourth-order valence-electron chi connectivity index (χ4n) is 5.76. The molecule has 0 spiro atoms. The van der Waals surface area contributed by atoms with Gasteiger partial charge < -0.3 is 24.2 Å². The van der Waals surface area contributed by atoms with Crippen molar-refractivity contribution in [3.63, 3.8) is 0 Å². The zero-order valence-electron chi connectivity index (χ0n) is 24.1. The minimum absolute atomic E-state index is 0.0129. The van der Waals surface area contributed by atoms with Gasteiger partial charge in [-0.15, -0.1) is 0 Å². The monoisotopic (exact) mass is 579 g/mol. The number of aryl methyl sites for hydroxylation is 1. The molecule has 0 bridgehead atoms. The second-order valence-corrected chi connectivity index (χ2v) is 10.8. The second kappa shape index (κ2) is 12.1. The summed E-state index contributed by atoms with van der Waals surface area (Å²) in [5.74, 6) is -0.234. The SMILES string of the molecule is COc1cc(C2C(=C([O-])c3ccc4c(c3)CC(C)O4)C(=O)C(=O)N2CCC[n+]2cc[nH]c2)ccc1OCc1ccccc1. The molecule has 0 aliphatic carbocycles. The highest BCUT2D eigenvalue weighted by molar-refractivity contribution is 6.46. The Morgan fingerprint density at radius 2 is 1.93 bits per heavy atom. The molecule has 1 N–H and O–H groups in total. The van der Waals surface area contributed by atoms with E-state index in [0.717, 1.165) is 16.9 Å². The molecule has 6 rings (SSSR count). The van der Waals surface area contributed by atoms with Gasteiger partial charge in [0.1, 0.15) is 30.9 Å². The minimum atomic E-state index is -0.871. The summed E-state index contributed by atoms with van der Waals surface area (Å²) in [4.78, 5) is 31.5. The predicted octanol–water partition coefficient (Wildman–Crippen LogP) is 3.53. The van der Waals surface area contributed by atoms with E-state index in [0.29, 0.717) is 48.6 Å². The van der Waals surface area contributed by atoms with E-state index in [1.165, 1.54) is 12.0 Å². The number of ketones is 1. The maximum atomic E-state index is 14.0. The van der Waals surface area contributed by atoms with Crippen LogP contribution in [-0.2, 0) is 29.2 Å². The molecule has 1 aromatic heterocycles. The van der Waals surface area contributed by atoms with Crippen molar-refractivity contribution < 1.29 is 33.5 Å². The third-order valence-electron chi connectivity index (χ3n) is 7.85. The smallest absolute Gasteiger partial charge is 0.295 e. The molecule has 2 atom stereocenters. The summed E-state index contributed by atoms with van der Waals surface area (Å²) in [6.07, 6.45) is 6.81. The lowest BCUT2D eigenvalue weighted by molar-refractivity contribution is -0.695. The van der Waals surface area contributed by atoms with E-state index in [-0.39, 0.29) is 18.2 Å². The zero-order chi connectivity index (χ0) is 29.9. The zero-order valence-corrected chi connectivity index (χ0v) is 24.1. The number of ether oxygens (including phenoxy) is 3. The van der Waals surface area contributed by atoms with Gasteiger partial charge in [-0.2, -0.15) is 0 Å². The van der Waals surface area contributed by atoms with Crippen molar-refractivity contribution in [2.45, 2.75) is 45.1 Å². The van der Waals surface area contributed by atoms with Crippen LogP contribution in [0.15, 0.2) is 91.0 Å². The third-order valence-corrected chi connectivity index (χ3v) is 7.85. The first-order chi connectivity index (χ1) is 20.9. The average Bonchev–Trinajstić information content (AvgIpc) is 3.74. The van der Waals surface area contributed by atoms with Crippen molar-refractivity contribution in [2.24, 2.45) is 0 Å². The Kier molecular flexibility index (Phi) is 7.87. The molecular weight excluding hydrogens is 546 g/mol. The maximum absolute atomic E-state index is 14.0. The fraction of sp³-hybridized carbons (Fsp3) is 0.265. The van der Waals surface area contributed by atoms with Crippen molar-refractivity contribution in [3.8, 4) is 17.2 Å². The first-order valence-electron chi connectivity index (χ1n) is 14.4. The Bertz CT molecular complexity index is 1660. The number of hydrogen-bond donors (Lipinski definition) is 1. The van der Waals surface area contributed by atoms with Gasteiger partial charge in [-0.1, -0.05) is 48.2 Å². The Balaban J connectivity index is 1.36. The molecule has 2 unspecified atom stereocenters. The standard InChI is InChI=1S/C34H33N3O6/c1-22-17-26-18-25(10-11-27(26)43-22)32(38)30-31(37(34(40)33(30)39)15-6-14-36-16-13-35-21-36)24-9-12-28(29(19-24)41-2)42-20-23-7-4-3-5-8-23/h3-5,7-13,16,18-19,21-22,31H,6,14-15,17,20H2,1-2H3,(H,38,39). The number of Topliss-reactive ketones (excluding diaryl/α,β-unsaturated/α-hetero) is 1. The summed E-state index contributed by atoms with van der Waals surface area (Å²) < 4.78 is 19.5. The van der Waals surface area contributed by atoms with Gasteiger partial charge in [-0.25, -0.2) is 4.57 Å². The average molecular weight is 580 g/mol. The molecule has 3 heterocycles. The number of aromatic amines is 1. The van der Waals surface area contributed by atoms with Gasteiger partial charge in [-0.3, -0.25) is 14.6 Å². The number of likely N-dealkylation sites (tertiary alicyclic amines) is 1. The number of amides is 1. The summed E-state index contributed by atoms with van der Waals surface area (Å²) in [6, 6.07) is 19.4. The molecule has 0 saturated carbocycles. The third kappa shape index (κ3) is 5.70. The Hall–Kier alpha value is -5.05. The van der Waals surface area contributed by atoms with Crippen LogP contribution in [-0.4, -0.2) is 41.3 Å². The van der Waals surface area contributed by atoms with E-state index in [1.807, 2.05) is 60.5 Å². The molecule has 9 heteroatoms. The Labute approximate surface area is 250 Å². The summed E-state index contributed by atoms with van der Waals surface area (Å²) >= 11 is 0. The number of carbonyl (C=O) groups excluding carboxylic acids is 2. The molecule has 220 valence electrons. The highest BCUT2D eigenvalue weighted by atomic mass is 16.5. The number of rotatable bonds is 10. The van der Waals surface area contributed by atoms with Crippen molar-refractivity contribution >= 4 is 17.4 Å². The van der Waals surface area contributed by atoms with Crippen LogP contribution >= 0.6 is 0 Å². The van der Waals surface area contributed by atoms with Gasteiger partial charge in [0, 0.05) is 25.0 Å². The number of aromatic nitrogens is 2. The van der Waals surface area contributed by atoms with Crippen LogP contribution in [0.4, 0.5) is 0 Å². The summed E-state index contributed by atoms with van der Waals surface area (Å²) in [6.45, 7) is 3.23. The van der Waals surface area contributed by atoms with Crippen molar-refractivity contribution in [1.82, 2.24) is 9.88 Å². The van der Waals surface area contributed by atoms with Gasteiger partial charge in [-0.05, 0) is 53.4 Å². The van der Waals surface area contributed by atoms with E-state index >= 15 is 0 Å². The second-order valence-electron chi connectivity index (χ2n) is 10.8. The van der Waals surface area contributed by atoms with Crippen LogP contribution < -0.4 is 23.9 Å². The minimum Gasteiger partial charge on any atom is -0.872 e. The molecule has 43 heavy (non-hydrogen) atoms. The number of nitrogens with zero attached hydrogens (tertiary/aromatic N) is 2. The lowest BCUT2D eigenvalue weighted by Gasteiger charge is -2.28. The molecule has 1 saturated heterocycles. The van der Waals surface area contributed by atoms with Gasteiger partial charge in [0.2, 0.25) is 12.1 Å². The molecule has 3 aromatic carbocycles. The predicted molar refractivity (Wildman–Crippen MR) is 156 cm³/mol. The van der Waals surface area contributed by atoms with Crippen molar-refractivity contribution in [3.05, 3.63) is 113 Å². The molecule has 1 amide bonds. The van der Waals surface area contributed by atoms with Gasteiger partial charge in [0.15, 0.2) is 11.5 Å². The topological polar surface area (TPSA) is 108 Å². The van der Waals surface area contributed by atoms with E-state index in [9.17, 15) is 14.7 Å². The number of nitrogens with one attached hydrogen (secondary N) is 1. The lowest BCUT2D eigenvalue weighted by atomic mass is 9.94. The first kappa shape index (κ1) is 28.1. The molecule has 4 aromatic rings. The lowest BCUT2D eigenvalue weighted by Crippen LogP contribution is -2.36. The maximum Gasteiger partial charge on any atom is 0.295 e. The molecular formula is C34H33N3O6. The number of fused-ring (bicyclic) bond motifs is 1. The van der Waals surface area contributed by atoms with Crippen LogP contribution in [0.3, 0.4) is 0 Å². The van der Waals surface area contributed by atoms with Gasteiger partial charge >= 0.3 is 0 Å². The fourth-order valence-corrected chi connectivity index (χ4v) is 5.76. The van der Waals surface area contributed by atoms with Crippen LogP contribution in [0.2, 0.25) is 0 Å². The van der Waals surface area contributed by atoms with E-state index in [4.69, 9.17) is 14.2 Å². The van der Waals surface area contributed by atoms with Crippen LogP contribution in [0.5, 0.6) is 17.2 Å². The number of methoxy groups -OCH3 is 1. The van der Waals surface area contributed by atoms with Gasteiger partial charge in [0.05, 0.1) is 19.7 Å². The van der Waals surface area contributed by atoms with Crippen LogP contribution in [0.1, 0.15) is 41.6 Å². The first-order valence-corrected chi connectivity index (χ1v) is 14.4. The van der Waals surface area contributed by atoms with E-state index < -0.39 is 23.5 Å². The number of hydrogen-bond acceptors (Lipinski definition) is 6. The van der Waals surface area contributed by atoms with Gasteiger partial charge in [0.25, 0.3) is 5.91 Å². The quantitative estimate of drug-likeness (QED) is 0.133. The highest BCUT2D eigenvalue weighted by Gasteiger charge is 2.44. The van der Waals surface area contributed by atoms with E-state index in [2.05, 4.69) is 4.98 Å². The van der Waals surface area contributed by atoms with Crippen LogP contribution in [0, 0.1) is 0 Å². The summed E-state index contributed by atoms with van der Waals surface area (Å²) in [5.41, 5.74) is 2.80. The normalized spacial score (nSPS) is 18.9. The summed E-state index contributed by atoms with van der Waals surface area (Å²) in [5, 5.41) is 14.0. The number of H-pyrrole nitrogens is 1. The number of imidazole rings is 1. The Morgan fingerprint density at radius 1 is 1.09 bits per heavy atom. The van der Waals surface area contributed by atoms with Crippen molar-refractivity contribution in [1.29, 1.82) is 0 Å². The molecule has 2 aliphatic rings. The van der Waals surface area contributed by atoms with Crippen molar-refractivity contribution in [2.75, 3.05) is 13.7 Å². The Morgan fingerprint density at radius 3 is 2.70 bits per heavy atom. The molecule has 0 radical (unpaired) electrons. The highest BCUT2D eigenvalue weighted by Crippen LogP contribution is 2.42. The number of benzene rings is 3. The summed E-state index contributed by atoms with van der Waals surface area (Å²) in [7, 11) is 1.54. The van der Waals surface area contributed by atoms with Crippen LogP contribution in [0.25, 0.3) is 5.76 Å². The molecule has 2 aliphatic heterocycles.